The van der Waals surface area contributed by atoms with E-state index < -0.39 is 0 Å². The molecule has 200 valence electrons. The van der Waals surface area contributed by atoms with Crippen LogP contribution in [-0.2, 0) is 0 Å². The molecule has 1 aliphatic heterocycles. The van der Waals surface area contributed by atoms with Crippen molar-refractivity contribution >= 4 is 11.8 Å². The highest BCUT2D eigenvalue weighted by molar-refractivity contribution is 5.63. The molecular weight excluding hydrogens is 460 g/mol. The second-order valence-electron chi connectivity index (χ2n) is 12.0. The number of hydrogen-bond acceptors (Lipinski definition) is 2. The van der Waals surface area contributed by atoms with Crippen LogP contribution < -0.4 is 5.01 Å². The summed E-state index contributed by atoms with van der Waals surface area (Å²) >= 11 is 0. The average Bonchev–Trinajstić information content (AvgIpc) is 3.67. The number of rotatable bonds is 9. The fourth-order valence-corrected chi connectivity index (χ4v) is 6.13. The summed E-state index contributed by atoms with van der Waals surface area (Å²) in [6, 6.07) is 19.4. The van der Waals surface area contributed by atoms with E-state index in [0.717, 1.165) is 17.8 Å². The molecule has 0 radical (unpaired) electrons. The molecule has 1 fully saturated rings. The van der Waals surface area contributed by atoms with Gasteiger partial charge in [0.15, 0.2) is 0 Å². The standard InChI is InChI=1S/C36H46N2/c1-24(2)36(9,35(32-20-21-32)26(4)22-31-18-16-25(3)17-19-31)23-27(5)28(6)34-29(7)37(10)38(30(34)8)33-14-12-11-13-15-33/h11-19,22,24,28H,5,8,20-21,23H2,1-4,6-7,9-10H3. The maximum Gasteiger partial charge on any atom is 0.0632 e. The van der Waals surface area contributed by atoms with Crippen molar-refractivity contribution in [1.29, 1.82) is 0 Å². The summed E-state index contributed by atoms with van der Waals surface area (Å²) in [5.74, 6) is 0.699. The van der Waals surface area contributed by atoms with Crippen molar-refractivity contribution in [2.24, 2.45) is 17.3 Å². The molecule has 2 atom stereocenters. The van der Waals surface area contributed by atoms with Gasteiger partial charge in [-0.25, -0.2) is 0 Å². The van der Waals surface area contributed by atoms with Gasteiger partial charge in [0, 0.05) is 24.2 Å². The van der Waals surface area contributed by atoms with Crippen molar-refractivity contribution in [2.45, 2.75) is 67.7 Å². The first-order chi connectivity index (χ1) is 18.0. The summed E-state index contributed by atoms with van der Waals surface area (Å²) in [5, 5.41) is 4.45. The SMILES string of the molecule is C=C(CC(C)(C(C(C)=Cc1ccc(C)cc1)=C1CC1)C(C)C)C(C)C1=C(C)N(C)N(c2ccccc2)C1=C. The minimum atomic E-state index is 0.0158. The number of nitrogens with zero attached hydrogens (tertiary/aromatic N) is 2. The number of allylic oxidation sites excluding steroid dienone is 6. The minimum absolute atomic E-state index is 0.0158. The van der Waals surface area contributed by atoms with Gasteiger partial charge in [0.2, 0.25) is 0 Å². The molecule has 2 aliphatic rings. The van der Waals surface area contributed by atoms with Crippen LogP contribution in [0.3, 0.4) is 0 Å². The molecule has 38 heavy (non-hydrogen) atoms. The number of hydrazine groups is 1. The predicted octanol–water partition coefficient (Wildman–Crippen LogP) is 9.89. The molecule has 0 N–H and O–H groups in total. The van der Waals surface area contributed by atoms with Crippen molar-refractivity contribution in [2.75, 3.05) is 12.1 Å². The van der Waals surface area contributed by atoms with Gasteiger partial charge in [0.1, 0.15) is 0 Å². The van der Waals surface area contributed by atoms with E-state index in [9.17, 15) is 0 Å². The monoisotopic (exact) mass is 506 g/mol. The van der Waals surface area contributed by atoms with Gasteiger partial charge in [-0.2, -0.15) is 0 Å². The predicted molar refractivity (Wildman–Crippen MR) is 165 cm³/mol. The molecule has 0 spiro atoms. The Hall–Kier alpha value is -3.26. The number of benzene rings is 2. The van der Waals surface area contributed by atoms with E-state index in [-0.39, 0.29) is 11.3 Å². The van der Waals surface area contributed by atoms with Gasteiger partial charge in [-0.1, -0.05) is 106 Å². The fraction of sp³-hybridized carbons (Fsp3) is 0.389. The van der Waals surface area contributed by atoms with E-state index >= 15 is 0 Å². The van der Waals surface area contributed by atoms with E-state index in [0.29, 0.717) is 5.92 Å². The van der Waals surface area contributed by atoms with Crippen LogP contribution in [0.2, 0.25) is 0 Å². The van der Waals surface area contributed by atoms with Crippen molar-refractivity contribution in [3.05, 3.63) is 118 Å². The minimum Gasteiger partial charge on any atom is -0.288 e. The first-order valence-corrected chi connectivity index (χ1v) is 14.1. The van der Waals surface area contributed by atoms with Crippen LogP contribution in [0, 0.1) is 24.2 Å². The maximum absolute atomic E-state index is 4.72. The second-order valence-corrected chi connectivity index (χ2v) is 12.0. The summed E-state index contributed by atoms with van der Waals surface area (Å²) in [6.45, 7) is 25.5. The van der Waals surface area contributed by atoms with E-state index in [1.165, 1.54) is 46.4 Å². The summed E-state index contributed by atoms with van der Waals surface area (Å²) in [4.78, 5) is 0. The van der Waals surface area contributed by atoms with E-state index in [2.05, 4.69) is 133 Å². The Morgan fingerprint density at radius 3 is 2.16 bits per heavy atom. The molecule has 2 unspecified atom stereocenters. The highest BCUT2D eigenvalue weighted by atomic mass is 15.6. The van der Waals surface area contributed by atoms with Crippen LogP contribution in [0.25, 0.3) is 6.08 Å². The number of anilines is 1. The van der Waals surface area contributed by atoms with E-state index in [1.54, 1.807) is 11.1 Å². The Balaban J connectivity index is 1.63. The van der Waals surface area contributed by atoms with Crippen LogP contribution in [0.4, 0.5) is 5.69 Å². The molecule has 2 heteroatoms. The van der Waals surface area contributed by atoms with Crippen molar-refractivity contribution < 1.29 is 0 Å². The van der Waals surface area contributed by atoms with Crippen molar-refractivity contribution in [1.82, 2.24) is 5.01 Å². The fourth-order valence-electron chi connectivity index (χ4n) is 6.13. The normalized spacial score (nSPS) is 18.3. The Morgan fingerprint density at radius 2 is 1.61 bits per heavy atom. The van der Waals surface area contributed by atoms with Gasteiger partial charge in [-0.3, -0.25) is 10.0 Å². The number of aryl methyl sites for hydroxylation is 1. The third-order valence-electron chi connectivity index (χ3n) is 8.94. The quantitative estimate of drug-likeness (QED) is 0.312. The largest absolute Gasteiger partial charge is 0.288 e. The highest BCUT2D eigenvalue weighted by Crippen LogP contribution is 2.52. The van der Waals surface area contributed by atoms with Gasteiger partial charge in [-0.05, 0) is 80.2 Å². The topological polar surface area (TPSA) is 6.48 Å². The van der Waals surface area contributed by atoms with E-state index in [4.69, 9.17) is 6.58 Å². The van der Waals surface area contributed by atoms with Gasteiger partial charge < -0.3 is 0 Å². The lowest BCUT2D eigenvalue weighted by molar-refractivity contribution is 0.271. The maximum atomic E-state index is 4.72. The molecule has 1 heterocycles. The summed E-state index contributed by atoms with van der Waals surface area (Å²) in [5.41, 5.74) is 13.2. The van der Waals surface area contributed by atoms with Crippen LogP contribution in [0.15, 0.2) is 107 Å². The lowest BCUT2D eigenvalue weighted by Crippen LogP contribution is -2.32. The first-order valence-electron chi connectivity index (χ1n) is 14.1. The smallest absolute Gasteiger partial charge is 0.0632 e. The van der Waals surface area contributed by atoms with Crippen molar-refractivity contribution in [3.63, 3.8) is 0 Å². The molecule has 0 aromatic heterocycles. The molecule has 0 bridgehead atoms. The van der Waals surface area contributed by atoms with Crippen LogP contribution >= 0.6 is 0 Å². The molecule has 2 aromatic carbocycles. The zero-order valence-electron chi connectivity index (χ0n) is 24.9. The Bertz CT molecular complexity index is 1300. The highest BCUT2D eigenvalue weighted by Gasteiger charge is 2.40. The lowest BCUT2D eigenvalue weighted by atomic mass is 9.65. The summed E-state index contributed by atoms with van der Waals surface area (Å²) in [6.07, 6.45) is 5.78. The zero-order valence-corrected chi connectivity index (χ0v) is 24.9. The molecule has 1 saturated carbocycles. The van der Waals surface area contributed by atoms with Gasteiger partial charge in [0.05, 0.1) is 11.4 Å². The third-order valence-corrected chi connectivity index (χ3v) is 8.94. The van der Waals surface area contributed by atoms with E-state index in [1.807, 2.05) is 0 Å². The first kappa shape index (κ1) is 27.8. The van der Waals surface area contributed by atoms with Crippen LogP contribution in [0.5, 0.6) is 0 Å². The number of para-hydroxylation sites is 1. The molecule has 1 aliphatic carbocycles. The molecular formula is C36H46N2. The lowest BCUT2D eigenvalue weighted by Gasteiger charge is -2.39. The van der Waals surface area contributed by atoms with Crippen molar-refractivity contribution in [3.8, 4) is 0 Å². The Kier molecular flexibility index (Phi) is 7.93. The molecule has 0 saturated heterocycles. The number of hydrogen-bond donors (Lipinski definition) is 0. The van der Waals surface area contributed by atoms with Gasteiger partial charge in [0.25, 0.3) is 0 Å². The second kappa shape index (κ2) is 10.8. The summed E-state index contributed by atoms with van der Waals surface area (Å²) in [7, 11) is 2.13. The van der Waals surface area contributed by atoms with Crippen LogP contribution in [-0.4, -0.2) is 12.1 Å². The Labute approximate surface area is 231 Å². The van der Waals surface area contributed by atoms with Gasteiger partial charge >= 0.3 is 0 Å². The van der Waals surface area contributed by atoms with Crippen LogP contribution in [0.1, 0.15) is 71.9 Å². The molecule has 4 rings (SSSR count). The zero-order chi connectivity index (χ0) is 27.8. The van der Waals surface area contributed by atoms with Gasteiger partial charge in [-0.15, -0.1) is 0 Å². The average molecular weight is 507 g/mol. The molecule has 0 amide bonds. The third kappa shape index (κ3) is 5.32. The Morgan fingerprint density at radius 1 is 1.00 bits per heavy atom. The molecule has 2 aromatic rings. The summed E-state index contributed by atoms with van der Waals surface area (Å²) < 4.78 is 0. The molecule has 2 nitrogen and oxygen atoms in total.